The number of anilines is 1. The van der Waals surface area contributed by atoms with Crippen molar-refractivity contribution in [3.63, 3.8) is 0 Å². The highest BCUT2D eigenvalue weighted by atomic mass is 35.5. The van der Waals surface area contributed by atoms with E-state index in [1.54, 1.807) is 50.2 Å². The topological polar surface area (TPSA) is 86.8 Å². The summed E-state index contributed by atoms with van der Waals surface area (Å²) in [4.78, 5) is 28.4. The molecule has 0 aromatic heterocycles. The molecule has 1 unspecified atom stereocenters. The molecule has 0 saturated carbocycles. The number of nitrogens with zero attached hydrogens (tertiary/aromatic N) is 2. The van der Waals surface area contributed by atoms with Crippen LogP contribution in [-0.4, -0.2) is 44.3 Å². The molecule has 0 aliphatic heterocycles. The normalized spacial score (nSPS) is 12.1. The summed E-state index contributed by atoms with van der Waals surface area (Å²) in [6.45, 7) is 7.16. The zero-order valence-corrected chi connectivity index (χ0v) is 25.8. The molecule has 214 valence electrons. The molecule has 1 N–H and O–H groups in total. The third-order valence-corrected chi connectivity index (χ3v) is 9.18. The summed E-state index contributed by atoms with van der Waals surface area (Å²) in [5.74, 6) is -0.915. The highest BCUT2D eigenvalue weighted by Gasteiger charge is 2.34. The molecule has 7 nitrogen and oxygen atoms in total. The van der Waals surface area contributed by atoms with Crippen LogP contribution in [0.3, 0.4) is 0 Å². The minimum atomic E-state index is -4.20. The number of amides is 2. The molecule has 0 bridgehead atoms. The second-order valence-corrected chi connectivity index (χ2v) is 12.5. The molecule has 40 heavy (non-hydrogen) atoms. The van der Waals surface area contributed by atoms with Gasteiger partial charge >= 0.3 is 0 Å². The van der Waals surface area contributed by atoms with Crippen LogP contribution in [0.25, 0.3) is 0 Å². The highest BCUT2D eigenvalue weighted by Crippen LogP contribution is 2.28. The Balaban J connectivity index is 2.10. The van der Waals surface area contributed by atoms with E-state index in [9.17, 15) is 18.0 Å². The first-order chi connectivity index (χ1) is 18.9. The smallest absolute Gasteiger partial charge is 0.264 e. The molecule has 0 aliphatic carbocycles. The number of aryl methyl sites for hydroxylation is 2. The van der Waals surface area contributed by atoms with E-state index in [4.69, 9.17) is 34.8 Å². The van der Waals surface area contributed by atoms with Crippen molar-refractivity contribution in [2.24, 2.45) is 0 Å². The summed E-state index contributed by atoms with van der Waals surface area (Å²) in [6.07, 6.45) is 0.302. The van der Waals surface area contributed by atoms with Crippen molar-refractivity contribution in [3.05, 3.63) is 92.4 Å². The molecule has 0 saturated heterocycles. The summed E-state index contributed by atoms with van der Waals surface area (Å²) in [5.41, 5.74) is 2.72. The van der Waals surface area contributed by atoms with Crippen molar-refractivity contribution >= 4 is 62.3 Å². The number of rotatable bonds is 11. The van der Waals surface area contributed by atoms with Gasteiger partial charge in [0.1, 0.15) is 12.6 Å². The van der Waals surface area contributed by atoms with E-state index in [1.807, 2.05) is 13.8 Å². The number of sulfonamides is 1. The van der Waals surface area contributed by atoms with Crippen LogP contribution in [0, 0.1) is 13.8 Å². The Bertz CT molecular complexity index is 1480. The minimum Gasteiger partial charge on any atom is -0.355 e. The molecule has 11 heteroatoms. The van der Waals surface area contributed by atoms with Crippen LogP contribution in [0.15, 0.2) is 65.6 Å². The van der Waals surface area contributed by atoms with Gasteiger partial charge in [0.25, 0.3) is 10.0 Å². The molecule has 1 atom stereocenters. The monoisotopic (exact) mass is 623 g/mol. The van der Waals surface area contributed by atoms with Gasteiger partial charge in [0, 0.05) is 28.2 Å². The van der Waals surface area contributed by atoms with Gasteiger partial charge in [0.05, 0.1) is 10.6 Å². The van der Waals surface area contributed by atoms with Gasteiger partial charge in [0.2, 0.25) is 11.8 Å². The van der Waals surface area contributed by atoms with Crippen LogP contribution in [0.5, 0.6) is 0 Å². The number of nitrogens with one attached hydrogen (secondary N) is 1. The van der Waals surface area contributed by atoms with E-state index in [0.29, 0.717) is 39.3 Å². The van der Waals surface area contributed by atoms with Gasteiger partial charge in [-0.05, 0) is 92.4 Å². The zero-order chi connectivity index (χ0) is 29.6. The van der Waals surface area contributed by atoms with Crippen molar-refractivity contribution < 1.29 is 18.0 Å². The predicted octanol–water partition coefficient (Wildman–Crippen LogP) is 6.40. The first-order valence-electron chi connectivity index (χ1n) is 12.8. The summed E-state index contributed by atoms with van der Waals surface area (Å²) >= 11 is 18.5. The zero-order valence-electron chi connectivity index (χ0n) is 22.7. The second kappa shape index (κ2) is 13.7. The van der Waals surface area contributed by atoms with Crippen LogP contribution >= 0.6 is 34.8 Å². The maximum atomic E-state index is 14.1. The van der Waals surface area contributed by atoms with Crippen molar-refractivity contribution in [2.45, 2.75) is 51.6 Å². The molecule has 0 aliphatic rings. The standard InChI is InChI=1S/C29H32Cl3N3O4S/c1-5-27(29(37)33-6-2)34(17-21-8-9-23(31)16-26(21)32)28(36)18-35(24-12-7-19(3)20(4)15-24)40(38,39)25-13-10-22(30)11-14-25/h7-16,27H,5-6,17-18H2,1-4H3,(H,33,37). The van der Waals surface area contributed by atoms with Gasteiger partial charge < -0.3 is 10.2 Å². The number of carbonyl (C=O) groups excluding carboxylic acids is 2. The maximum Gasteiger partial charge on any atom is 0.264 e. The van der Waals surface area contributed by atoms with Gasteiger partial charge in [-0.25, -0.2) is 8.42 Å². The number of carbonyl (C=O) groups is 2. The van der Waals surface area contributed by atoms with Gasteiger partial charge in [0.15, 0.2) is 0 Å². The molecular formula is C29H32Cl3N3O4S. The summed E-state index contributed by atoms with van der Waals surface area (Å²) < 4.78 is 28.9. The van der Waals surface area contributed by atoms with Gasteiger partial charge in [-0.2, -0.15) is 0 Å². The van der Waals surface area contributed by atoms with Crippen LogP contribution in [0.4, 0.5) is 5.69 Å². The van der Waals surface area contributed by atoms with Crippen LogP contribution in [0.1, 0.15) is 37.0 Å². The van der Waals surface area contributed by atoms with Crippen LogP contribution < -0.4 is 9.62 Å². The Kier molecular flexibility index (Phi) is 10.9. The molecule has 0 fully saturated rings. The number of hydrogen-bond donors (Lipinski definition) is 1. The van der Waals surface area contributed by atoms with E-state index in [-0.39, 0.29) is 17.3 Å². The lowest BCUT2D eigenvalue weighted by molar-refractivity contribution is -0.140. The number of halogens is 3. The summed E-state index contributed by atoms with van der Waals surface area (Å²) in [7, 11) is -4.20. The lowest BCUT2D eigenvalue weighted by Crippen LogP contribution is -2.52. The van der Waals surface area contributed by atoms with Crippen molar-refractivity contribution in [2.75, 3.05) is 17.4 Å². The fourth-order valence-corrected chi connectivity index (χ4v) is 6.19. The highest BCUT2D eigenvalue weighted by molar-refractivity contribution is 7.92. The average molecular weight is 625 g/mol. The third kappa shape index (κ3) is 7.49. The lowest BCUT2D eigenvalue weighted by Gasteiger charge is -2.33. The van der Waals surface area contributed by atoms with E-state index in [1.165, 1.54) is 29.2 Å². The average Bonchev–Trinajstić information content (AvgIpc) is 2.90. The van der Waals surface area contributed by atoms with Crippen molar-refractivity contribution in [1.29, 1.82) is 0 Å². The second-order valence-electron chi connectivity index (χ2n) is 9.31. The lowest BCUT2D eigenvalue weighted by atomic mass is 10.1. The first kappa shape index (κ1) is 31.7. The van der Waals surface area contributed by atoms with E-state index in [2.05, 4.69) is 5.32 Å². The van der Waals surface area contributed by atoms with Crippen LogP contribution in [0.2, 0.25) is 15.1 Å². The Morgan fingerprint density at radius 3 is 2.10 bits per heavy atom. The van der Waals surface area contributed by atoms with Crippen LogP contribution in [-0.2, 0) is 26.2 Å². The number of benzene rings is 3. The minimum absolute atomic E-state index is 0.0216. The Labute approximate surface area is 251 Å². The van der Waals surface area contributed by atoms with E-state index >= 15 is 0 Å². The fraction of sp³-hybridized carbons (Fsp3) is 0.310. The molecule has 0 spiro atoms. The van der Waals surface area contributed by atoms with E-state index in [0.717, 1.165) is 15.4 Å². The number of hydrogen-bond acceptors (Lipinski definition) is 4. The maximum absolute atomic E-state index is 14.1. The largest absolute Gasteiger partial charge is 0.355 e. The molecule has 0 heterocycles. The quantitative estimate of drug-likeness (QED) is 0.267. The van der Waals surface area contributed by atoms with E-state index < -0.39 is 28.5 Å². The molecular weight excluding hydrogens is 593 g/mol. The Morgan fingerprint density at radius 1 is 0.875 bits per heavy atom. The summed E-state index contributed by atoms with van der Waals surface area (Å²) in [5, 5.41) is 3.91. The third-order valence-electron chi connectivity index (χ3n) is 6.55. The van der Waals surface area contributed by atoms with Crippen molar-refractivity contribution in [1.82, 2.24) is 10.2 Å². The van der Waals surface area contributed by atoms with Gasteiger partial charge in [-0.1, -0.05) is 53.9 Å². The molecule has 3 aromatic rings. The van der Waals surface area contributed by atoms with Crippen molar-refractivity contribution in [3.8, 4) is 0 Å². The predicted molar refractivity (Wildman–Crippen MR) is 162 cm³/mol. The van der Waals surface area contributed by atoms with Gasteiger partial charge in [-0.3, -0.25) is 13.9 Å². The first-order valence-corrected chi connectivity index (χ1v) is 15.3. The molecule has 0 radical (unpaired) electrons. The Hall–Kier alpha value is -2.78. The molecule has 3 aromatic carbocycles. The van der Waals surface area contributed by atoms with Gasteiger partial charge in [-0.15, -0.1) is 0 Å². The SMILES string of the molecule is CCNC(=O)C(CC)N(Cc1ccc(Cl)cc1Cl)C(=O)CN(c1ccc(C)c(C)c1)S(=O)(=O)c1ccc(Cl)cc1. The summed E-state index contributed by atoms with van der Waals surface area (Å²) in [6, 6.07) is 14.9. The molecule has 3 rings (SSSR count). The molecule has 2 amide bonds. The Morgan fingerprint density at radius 2 is 1.52 bits per heavy atom. The fourth-order valence-electron chi connectivity index (χ4n) is 4.19. The number of likely N-dealkylation sites (N-methyl/N-ethyl adjacent to an activating group) is 1.